The first-order valence-corrected chi connectivity index (χ1v) is 8.42. The third-order valence-electron chi connectivity index (χ3n) is 5.34. The fourth-order valence-electron chi connectivity index (χ4n) is 4.12. The SMILES string of the molecule is COC(=O)[C@]1(C)N[C@H](c2ccco2)[C@H]2C(=O)N(c3ccccc3F)C(=O)[C@@H]21. The lowest BCUT2D eigenvalue weighted by molar-refractivity contribution is -0.151. The van der Waals surface area contributed by atoms with Crippen LogP contribution in [-0.2, 0) is 19.1 Å². The van der Waals surface area contributed by atoms with Gasteiger partial charge in [0.25, 0.3) is 0 Å². The van der Waals surface area contributed by atoms with Crippen LogP contribution in [0.1, 0.15) is 18.7 Å². The van der Waals surface area contributed by atoms with Crippen molar-refractivity contribution in [3.63, 3.8) is 0 Å². The van der Waals surface area contributed by atoms with Crippen LogP contribution in [0.2, 0.25) is 0 Å². The van der Waals surface area contributed by atoms with Gasteiger partial charge in [-0.15, -0.1) is 0 Å². The normalized spacial score (nSPS) is 29.9. The fourth-order valence-corrected chi connectivity index (χ4v) is 4.12. The topological polar surface area (TPSA) is 88.8 Å². The molecule has 0 aliphatic carbocycles. The van der Waals surface area contributed by atoms with Gasteiger partial charge in [-0.1, -0.05) is 12.1 Å². The third-order valence-corrected chi connectivity index (χ3v) is 5.34. The minimum Gasteiger partial charge on any atom is -0.468 e. The maximum atomic E-state index is 14.3. The zero-order valence-corrected chi connectivity index (χ0v) is 14.6. The van der Waals surface area contributed by atoms with E-state index < -0.39 is 47.0 Å². The fraction of sp³-hybridized carbons (Fsp3) is 0.316. The Morgan fingerprint density at radius 1 is 1.22 bits per heavy atom. The smallest absolute Gasteiger partial charge is 0.326 e. The quantitative estimate of drug-likeness (QED) is 0.653. The first-order chi connectivity index (χ1) is 12.9. The van der Waals surface area contributed by atoms with Gasteiger partial charge in [-0.05, 0) is 31.2 Å². The molecule has 4 atom stereocenters. The third kappa shape index (κ3) is 2.33. The first-order valence-electron chi connectivity index (χ1n) is 8.42. The lowest BCUT2D eigenvalue weighted by atomic mass is 9.81. The summed E-state index contributed by atoms with van der Waals surface area (Å²) in [5.41, 5.74) is -1.59. The second-order valence-electron chi connectivity index (χ2n) is 6.80. The Morgan fingerprint density at radius 2 is 1.96 bits per heavy atom. The van der Waals surface area contributed by atoms with Crippen LogP contribution in [0.5, 0.6) is 0 Å². The Balaban J connectivity index is 1.84. The van der Waals surface area contributed by atoms with E-state index in [1.54, 1.807) is 12.1 Å². The number of methoxy groups -OCH3 is 1. The number of esters is 1. The van der Waals surface area contributed by atoms with Crippen LogP contribution in [-0.4, -0.2) is 30.4 Å². The molecular formula is C19H17FN2O5. The highest BCUT2D eigenvalue weighted by molar-refractivity contribution is 6.24. The lowest BCUT2D eigenvalue weighted by Gasteiger charge is -2.28. The van der Waals surface area contributed by atoms with Crippen LogP contribution >= 0.6 is 0 Å². The van der Waals surface area contributed by atoms with Gasteiger partial charge in [0.1, 0.15) is 17.1 Å². The molecule has 0 bridgehead atoms. The van der Waals surface area contributed by atoms with Gasteiger partial charge in [-0.3, -0.25) is 19.7 Å². The monoisotopic (exact) mass is 372 g/mol. The van der Waals surface area contributed by atoms with Crippen molar-refractivity contribution >= 4 is 23.5 Å². The summed E-state index contributed by atoms with van der Waals surface area (Å²) in [5, 5.41) is 3.04. The summed E-state index contributed by atoms with van der Waals surface area (Å²) < 4.78 is 24.6. The zero-order valence-electron chi connectivity index (χ0n) is 14.6. The van der Waals surface area contributed by atoms with E-state index in [4.69, 9.17) is 9.15 Å². The van der Waals surface area contributed by atoms with Crippen LogP contribution in [0.3, 0.4) is 0 Å². The summed E-state index contributed by atoms with van der Waals surface area (Å²) in [4.78, 5) is 39.6. The summed E-state index contributed by atoms with van der Waals surface area (Å²) in [6.45, 7) is 1.51. The molecule has 7 nitrogen and oxygen atoms in total. The summed E-state index contributed by atoms with van der Waals surface area (Å²) in [7, 11) is 1.21. The number of hydrogen-bond acceptors (Lipinski definition) is 6. The van der Waals surface area contributed by atoms with Crippen molar-refractivity contribution < 1.29 is 27.9 Å². The van der Waals surface area contributed by atoms with E-state index in [9.17, 15) is 18.8 Å². The van der Waals surface area contributed by atoms with Gasteiger partial charge in [0.15, 0.2) is 0 Å². The van der Waals surface area contributed by atoms with Crippen molar-refractivity contribution in [1.82, 2.24) is 5.32 Å². The molecule has 140 valence electrons. The Bertz CT molecular complexity index is 928. The number of anilines is 1. The number of fused-ring (bicyclic) bond motifs is 1. The van der Waals surface area contributed by atoms with Crippen molar-refractivity contribution in [3.8, 4) is 0 Å². The van der Waals surface area contributed by atoms with Crippen LogP contribution in [0.15, 0.2) is 47.1 Å². The highest BCUT2D eigenvalue weighted by Gasteiger charge is 2.67. The molecule has 2 aromatic rings. The molecule has 2 aliphatic heterocycles. The molecule has 4 rings (SSSR count). The van der Waals surface area contributed by atoms with Crippen LogP contribution in [0.25, 0.3) is 0 Å². The van der Waals surface area contributed by atoms with Crippen molar-refractivity contribution in [2.45, 2.75) is 18.5 Å². The number of hydrogen-bond donors (Lipinski definition) is 1. The molecule has 2 aliphatic rings. The van der Waals surface area contributed by atoms with Crippen molar-refractivity contribution in [2.24, 2.45) is 11.8 Å². The average molecular weight is 372 g/mol. The minimum atomic E-state index is -1.45. The predicted octanol–water partition coefficient (Wildman–Crippen LogP) is 1.80. The van der Waals surface area contributed by atoms with Gasteiger partial charge in [0.2, 0.25) is 11.8 Å². The summed E-state index contributed by atoms with van der Waals surface area (Å²) in [6, 6.07) is 8.12. The Labute approximate surface area is 154 Å². The number of halogens is 1. The van der Waals surface area contributed by atoms with Crippen LogP contribution < -0.4 is 10.2 Å². The van der Waals surface area contributed by atoms with E-state index in [0.29, 0.717) is 5.76 Å². The summed E-state index contributed by atoms with van der Waals surface area (Å²) >= 11 is 0. The molecule has 3 heterocycles. The average Bonchev–Trinajstić information content (AvgIpc) is 3.34. The van der Waals surface area contributed by atoms with Gasteiger partial charge in [0, 0.05) is 0 Å². The largest absolute Gasteiger partial charge is 0.468 e. The van der Waals surface area contributed by atoms with E-state index in [1.807, 2.05) is 0 Å². The van der Waals surface area contributed by atoms with Crippen molar-refractivity contribution in [3.05, 3.63) is 54.2 Å². The highest BCUT2D eigenvalue weighted by Crippen LogP contribution is 2.50. The molecule has 0 spiro atoms. The molecule has 2 fully saturated rings. The van der Waals surface area contributed by atoms with Gasteiger partial charge < -0.3 is 9.15 Å². The number of carbonyl (C=O) groups is 3. The minimum absolute atomic E-state index is 0.132. The zero-order chi connectivity index (χ0) is 19.3. The molecule has 27 heavy (non-hydrogen) atoms. The van der Waals surface area contributed by atoms with E-state index in [0.717, 1.165) is 4.90 Å². The maximum Gasteiger partial charge on any atom is 0.326 e. The van der Waals surface area contributed by atoms with E-state index in [2.05, 4.69) is 5.32 Å². The molecule has 8 heteroatoms. The molecule has 1 N–H and O–H groups in total. The second-order valence-corrected chi connectivity index (χ2v) is 6.80. The van der Waals surface area contributed by atoms with E-state index in [1.165, 1.54) is 44.6 Å². The molecule has 1 aromatic heterocycles. The molecule has 2 amide bonds. The number of furan rings is 1. The number of para-hydroxylation sites is 1. The summed E-state index contributed by atoms with van der Waals surface area (Å²) in [5.74, 6) is -4.17. The number of nitrogens with one attached hydrogen (secondary N) is 1. The Hall–Kier alpha value is -3.00. The van der Waals surface area contributed by atoms with Gasteiger partial charge in [-0.2, -0.15) is 0 Å². The Kier molecular flexibility index (Phi) is 3.88. The molecular weight excluding hydrogens is 355 g/mol. The van der Waals surface area contributed by atoms with Crippen molar-refractivity contribution in [2.75, 3.05) is 12.0 Å². The van der Waals surface area contributed by atoms with E-state index in [-0.39, 0.29) is 5.69 Å². The summed E-state index contributed by atoms with van der Waals surface area (Å²) in [6.07, 6.45) is 1.44. The molecule has 2 saturated heterocycles. The predicted molar refractivity (Wildman–Crippen MR) is 90.9 cm³/mol. The second kappa shape index (κ2) is 6.02. The number of nitrogens with zero attached hydrogens (tertiary/aromatic N) is 1. The van der Waals surface area contributed by atoms with Crippen molar-refractivity contribution in [1.29, 1.82) is 0 Å². The number of amides is 2. The van der Waals surface area contributed by atoms with Crippen LogP contribution in [0.4, 0.5) is 10.1 Å². The number of imide groups is 1. The molecule has 0 radical (unpaired) electrons. The molecule has 1 aromatic carbocycles. The highest BCUT2D eigenvalue weighted by atomic mass is 19.1. The number of carbonyl (C=O) groups excluding carboxylic acids is 3. The number of ether oxygens (including phenoxy) is 1. The van der Waals surface area contributed by atoms with Crippen LogP contribution in [0, 0.1) is 17.7 Å². The molecule has 0 saturated carbocycles. The molecule has 0 unspecified atom stereocenters. The van der Waals surface area contributed by atoms with Gasteiger partial charge >= 0.3 is 5.97 Å². The maximum absolute atomic E-state index is 14.3. The van der Waals surface area contributed by atoms with Gasteiger partial charge in [-0.25, -0.2) is 9.29 Å². The number of rotatable bonds is 3. The lowest BCUT2D eigenvalue weighted by Crippen LogP contribution is -2.54. The number of benzene rings is 1. The van der Waals surface area contributed by atoms with E-state index >= 15 is 0 Å². The first kappa shape index (κ1) is 17.4. The van der Waals surface area contributed by atoms with Gasteiger partial charge in [0.05, 0.1) is 36.9 Å². The Morgan fingerprint density at radius 3 is 2.59 bits per heavy atom. The standard InChI is InChI=1S/C19H17FN2O5/c1-19(18(25)26-2)14-13(15(21-19)12-8-5-9-27-12)16(23)22(17(14)24)11-7-4-3-6-10(11)20/h3-9,13-15,21H,1-2H3/t13-,14+,15+,19+/m0/s1.